The summed E-state index contributed by atoms with van der Waals surface area (Å²) in [6, 6.07) is 0.306. The number of piperidine rings is 1. The molecule has 0 amide bonds. The molecule has 0 radical (unpaired) electrons. The zero-order valence-electron chi connectivity index (χ0n) is 12.6. The van der Waals surface area contributed by atoms with Crippen LogP contribution < -0.4 is 0 Å². The Morgan fingerprint density at radius 3 is 2.60 bits per heavy atom. The molecule has 3 rings (SSSR count). The molecule has 4 nitrogen and oxygen atoms in total. The molecule has 20 heavy (non-hydrogen) atoms. The molecule has 112 valence electrons. The van der Waals surface area contributed by atoms with Gasteiger partial charge in [-0.3, -0.25) is 9.58 Å². The molecule has 5 heteroatoms. The Kier molecular flexibility index (Phi) is 3.58. The Bertz CT molecular complexity index is 464. The molecule has 2 aliphatic heterocycles. The molecule has 0 spiro atoms. The monoisotopic (exact) mass is 281 g/mol. The fourth-order valence-corrected chi connectivity index (χ4v) is 2.89. The second-order valence-corrected chi connectivity index (χ2v) is 7.02. The normalized spacial score (nSPS) is 29.4. The molecular formula is C15H24FN3O. The second kappa shape index (κ2) is 5.11. The SMILES string of the molecule is CC(C)(C)c1cnn(C2CCN(C3COC3)CC2F)c1. The van der Waals surface area contributed by atoms with Crippen molar-refractivity contribution in [1.82, 2.24) is 14.7 Å². The van der Waals surface area contributed by atoms with Gasteiger partial charge in [0.05, 0.1) is 31.5 Å². The van der Waals surface area contributed by atoms with Gasteiger partial charge in [0.25, 0.3) is 0 Å². The molecule has 0 N–H and O–H groups in total. The highest BCUT2D eigenvalue weighted by molar-refractivity contribution is 5.15. The highest BCUT2D eigenvalue weighted by Crippen LogP contribution is 2.29. The number of aromatic nitrogens is 2. The van der Waals surface area contributed by atoms with E-state index in [2.05, 4.69) is 30.8 Å². The fraction of sp³-hybridized carbons (Fsp3) is 0.800. The number of rotatable bonds is 2. The van der Waals surface area contributed by atoms with Gasteiger partial charge in [0.2, 0.25) is 0 Å². The second-order valence-electron chi connectivity index (χ2n) is 7.02. The lowest BCUT2D eigenvalue weighted by Gasteiger charge is -2.42. The predicted molar refractivity (Wildman–Crippen MR) is 75.7 cm³/mol. The van der Waals surface area contributed by atoms with Crippen molar-refractivity contribution in [3.63, 3.8) is 0 Å². The third-order valence-corrected chi connectivity index (χ3v) is 4.48. The van der Waals surface area contributed by atoms with Crippen LogP contribution in [0, 0.1) is 0 Å². The summed E-state index contributed by atoms with van der Waals surface area (Å²) in [6.45, 7) is 9.41. The van der Waals surface area contributed by atoms with E-state index in [4.69, 9.17) is 4.74 Å². The maximum atomic E-state index is 14.5. The van der Waals surface area contributed by atoms with Gasteiger partial charge in [0, 0.05) is 19.3 Å². The van der Waals surface area contributed by atoms with E-state index in [0.29, 0.717) is 12.6 Å². The van der Waals surface area contributed by atoms with Crippen molar-refractivity contribution in [3.8, 4) is 0 Å². The lowest BCUT2D eigenvalue weighted by atomic mass is 9.90. The summed E-state index contributed by atoms with van der Waals surface area (Å²) in [5.74, 6) is 0. The Morgan fingerprint density at radius 1 is 1.35 bits per heavy atom. The molecule has 1 aromatic heterocycles. The Balaban J connectivity index is 1.67. The van der Waals surface area contributed by atoms with Crippen molar-refractivity contribution < 1.29 is 9.13 Å². The third kappa shape index (κ3) is 2.61. The lowest BCUT2D eigenvalue weighted by Crippen LogP contribution is -2.55. The number of likely N-dealkylation sites (tertiary alicyclic amines) is 1. The fourth-order valence-electron chi connectivity index (χ4n) is 2.89. The maximum absolute atomic E-state index is 14.5. The van der Waals surface area contributed by atoms with Gasteiger partial charge in [-0.1, -0.05) is 20.8 Å². The predicted octanol–water partition coefficient (Wildman–Crippen LogP) is 2.16. The van der Waals surface area contributed by atoms with E-state index in [1.54, 1.807) is 0 Å². The number of halogens is 1. The maximum Gasteiger partial charge on any atom is 0.135 e. The molecule has 3 heterocycles. The average molecular weight is 281 g/mol. The molecule has 0 aliphatic carbocycles. The van der Waals surface area contributed by atoms with E-state index in [-0.39, 0.29) is 11.5 Å². The summed E-state index contributed by atoms with van der Waals surface area (Å²) >= 11 is 0. The van der Waals surface area contributed by atoms with Crippen LogP contribution >= 0.6 is 0 Å². The van der Waals surface area contributed by atoms with Gasteiger partial charge < -0.3 is 4.74 Å². The molecule has 2 aliphatic rings. The van der Waals surface area contributed by atoms with Crippen LogP contribution in [0.15, 0.2) is 12.4 Å². The number of hydrogen-bond donors (Lipinski definition) is 0. The Labute approximate surface area is 119 Å². The van der Waals surface area contributed by atoms with Crippen molar-refractivity contribution in [2.45, 2.75) is 50.9 Å². The van der Waals surface area contributed by atoms with E-state index < -0.39 is 6.17 Å². The largest absolute Gasteiger partial charge is 0.378 e. The molecular weight excluding hydrogens is 257 g/mol. The number of hydrogen-bond acceptors (Lipinski definition) is 3. The summed E-state index contributed by atoms with van der Waals surface area (Å²) < 4.78 is 21.5. The third-order valence-electron chi connectivity index (χ3n) is 4.48. The summed E-state index contributed by atoms with van der Waals surface area (Å²) in [5.41, 5.74) is 1.23. The van der Waals surface area contributed by atoms with Gasteiger partial charge in [0.15, 0.2) is 0 Å². The zero-order chi connectivity index (χ0) is 14.3. The molecule has 0 bridgehead atoms. The lowest BCUT2D eigenvalue weighted by molar-refractivity contribution is -0.0847. The van der Waals surface area contributed by atoms with Crippen molar-refractivity contribution in [3.05, 3.63) is 18.0 Å². The van der Waals surface area contributed by atoms with Crippen molar-refractivity contribution in [2.24, 2.45) is 0 Å². The standard InChI is InChI=1S/C15H24FN3O/c1-15(2,3)11-6-17-19(7-11)14-4-5-18(8-13(14)16)12-9-20-10-12/h6-7,12-14H,4-5,8-10H2,1-3H3. The molecule has 2 unspecified atom stereocenters. The van der Waals surface area contributed by atoms with Crippen LogP contribution in [0.3, 0.4) is 0 Å². The highest BCUT2D eigenvalue weighted by Gasteiger charge is 2.36. The summed E-state index contributed by atoms with van der Waals surface area (Å²) in [4.78, 5) is 2.22. The van der Waals surface area contributed by atoms with Crippen LogP contribution in [0.2, 0.25) is 0 Å². The summed E-state index contributed by atoms with van der Waals surface area (Å²) in [5, 5.41) is 4.39. The number of nitrogens with zero attached hydrogens (tertiary/aromatic N) is 3. The molecule has 1 aromatic rings. The number of ether oxygens (including phenoxy) is 1. The van der Waals surface area contributed by atoms with E-state index in [1.165, 1.54) is 5.56 Å². The first-order valence-electron chi connectivity index (χ1n) is 7.45. The molecule has 2 fully saturated rings. The first kappa shape index (κ1) is 14.0. The first-order valence-corrected chi connectivity index (χ1v) is 7.45. The van der Waals surface area contributed by atoms with Crippen LogP contribution in [0.4, 0.5) is 4.39 Å². The summed E-state index contributed by atoms with van der Waals surface area (Å²) in [7, 11) is 0. The first-order chi connectivity index (χ1) is 9.45. The minimum atomic E-state index is -0.850. The van der Waals surface area contributed by atoms with Crippen molar-refractivity contribution >= 4 is 0 Å². The van der Waals surface area contributed by atoms with Crippen molar-refractivity contribution in [1.29, 1.82) is 0 Å². The zero-order valence-corrected chi connectivity index (χ0v) is 12.6. The molecule has 0 saturated carbocycles. The van der Waals surface area contributed by atoms with Gasteiger partial charge in [-0.25, -0.2) is 4.39 Å². The number of alkyl halides is 1. The van der Waals surface area contributed by atoms with Crippen LogP contribution in [0.25, 0.3) is 0 Å². The minimum absolute atomic E-state index is 0.0635. The minimum Gasteiger partial charge on any atom is -0.378 e. The smallest absolute Gasteiger partial charge is 0.135 e. The summed E-state index contributed by atoms with van der Waals surface area (Å²) in [6.07, 6.45) is 3.86. The van der Waals surface area contributed by atoms with Crippen LogP contribution in [0.5, 0.6) is 0 Å². The molecule has 0 aromatic carbocycles. The van der Waals surface area contributed by atoms with Gasteiger partial charge in [-0.15, -0.1) is 0 Å². The van der Waals surface area contributed by atoms with E-state index in [9.17, 15) is 4.39 Å². The highest BCUT2D eigenvalue weighted by atomic mass is 19.1. The molecule has 2 atom stereocenters. The van der Waals surface area contributed by atoms with Gasteiger partial charge in [-0.2, -0.15) is 5.10 Å². The molecule has 2 saturated heterocycles. The van der Waals surface area contributed by atoms with E-state index in [1.807, 2.05) is 17.1 Å². The topological polar surface area (TPSA) is 30.3 Å². The van der Waals surface area contributed by atoms with Gasteiger partial charge in [-0.05, 0) is 17.4 Å². The van der Waals surface area contributed by atoms with Crippen molar-refractivity contribution in [2.75, 3.05) is 26.3 Å². The quantitative estimate of drug-likeness (QED) is 0.832. The van der Waals surface area contributed by atoms with Gasteiger partial charge >= 0.3 is 0 Å². The Hall–Kier alpha value is -0.940. The Morgan fingerprint density at radius 2 is 2.10 bits per heavy atom. The van der Waals surface area contributed by atoms with Crippen LogP contribution in [0.1, 0.15) is 38.8 Å². The van der Waals surface area contributed by atoms with Crippen LogP contribution in [-0.2, 0) is 10.2 Å². The van der Waals surface area contributed by atoms with E-state index in [0.717, 1.165) is 26.2 Å². The van der Waals surface area contributed by atoms with E-state index >= 15 is 0 Å². The van der Waals surface area contributed by atoms with Crippen LogP contribution in [-0.4, -0.2) is 53.2 Å². The average Bonchev–Trinajstić information content (AvgIpc) is 2.75. The van der Waals surface area contributed by atoms with Gasteiger partial charge in [0.1, 0.15) is 6.17 Å².